The largest absolute Gasteiger partial charge is 0.497 e. The van der Waals surface area contributed by atoms with Gasteiger partial charge in [0.2, 0.25) is 0 Å². The number of para-hydroxylation sites is 1. The molecular weight excluding hydrogens is 314 g/mol. The van der Waals surface area contributed by atoms with Gasteiger partial charge in [-0.3, -0.25) is 9.78 Å². The maximum absolute atomic E-state index is 12.6. The number of benzene rings is 2. The maximum Gasteiger partial charge on any atom is 0.272 e. The molecule has 0 radical (unpaired) electrons. The molecule has 1 amide bonds. The summed E-state index contributed by atoms with van der Waals surface area (Å²) in [5.41, 5.74) is 6.41. The molecule has 0 bridgehead atoms. The van der Waals surface area contributed by atoms with Crippen LogP contribution in [-0.2, 0) is 0 Å². The first-order valence-electron chi connectivity index (χ1n) is 7.94. The quantitative estimate of drug-likeness (QED) is 0.585. The Balaban J connectivity index is 1.84. The van der Waals surface area contributed by atoms with Gasteiger partial charge in [-0.25, -0.2) is 5.43 Å². The summed E-state index contributed by atoms with van der Waals surface area (Å²) in [5.74, 6) is 0.522. The normalized spacial score (nSPS) is 11.4. The van der Waals surface area contributed by atoms with Crippen LogP contribution < -0.4 is 10.2 Å². The molecule has 0 saturated carbocycles. The summed E-state index contributed by atoms with van der Waals surface area (Å²) in [6.45, 7) is 3.72. The number of pyridine rings is 1. The third-order valence-corrected chi connectivity index (χ3v) is 3.92. The summed E-state index contributed by atoms with van der Waals surface area (Å²) in [5, 5.41) is 5.03. The number of aryl methyl sites for hydroxylation is 1. The van der Waals surface area contributed by atoms with E-state index < -0.39 is 0 Å². The molecule has 1 heterocycles. The van der Waals surface area contributed by atoms with Crippen molar-refractivity contribution in [1.82, 2.24) is 10.4 Å². The molecule has 1 aromatic heterocycles. The van der Waals surface area contributed by atoms with Crippen LogP contribution in [0.15, 0.2) is 59.7 Å². The van der Waals surface area contributed by atoms with Crippen molar-refractivity contribution in [2.24, 2.45) is 5.10 Å². The van der Waals surface area contributed by atoms with Gasteiger partial charge in [0.05, 0.1) is 23.9 Å². The van der Waals surface area contributed by atoms with Gasteiger partial charge < -0.3 is 4.74 Å². The van der Waals surface area contributed by atoms with Gasteiger partial charge in [-0.2, -0.15) is 5.10 Å². The van der Waals surface area contributed by atoms with Crippen LogP contribution in [0.3, 0.4) is 0 Å². The number of methoxy groups -OCH3 is 1. The van der Waals surface area contributed by atoms with Crippen molar-refractivity contribution in [3.8, 4) is 5.75 Å². The maximum atomic E-state index is 12.6. The fourth-order valence-corrected chi connectivity index (χ4v) is 2.59. The van der Waals surface area contributed by atoms with Crippen LogP contribution in [0, 0.1) is 6.92 Å². The predicted molar refractivity (Wildman–Crippen MR) is 99.2 cm³/mol. The van der Waals surface area contributed by atoms with Crippen LogP contribution in [-0.4, -0.2) is 23.7 Å². The molecule has 25 heavy (non-hydrogen) atoms. The molecule has 0 fully saturated rings. The first kappa shape index (κ1) is 16.6. The topological polar surface area (TPSA) is 63.6 Å². The minimum absolute atomic E-state index is 0.255. The molecule has 0 spiro atoms. The first-order chi connectivity index (χ1) is 12.1. The van der Waals surface area contributed by atoms with Crippen LogP contribution in [0.5, 0.6) is 5.75 Å². The van der Waals surface area contributed by atoms with Gasteiger partial charge in [-0.15, -0.1) is 0 Å². The Morgan fingerprint density at radius 3 is 2.56 bits per heavy atom. The number of fused-ring (bicyclic) bond motifs is 1. The van der Waals surface area contributed by atoms with Crippen molar-refractivity contribution >= 4 is 22.5 Å². The Morgan fingerprint density at radius 2 is 1.84 bits per heavy atom. The van der Waals surface area contributed by atoms with Crippen LogP contribution in [0.25, 0.3) is 10.9 Å². The molecule has 5 nitrogen and oxygen atoms in total. The average molecular weight is 333 g/mol. The zero-order valence-corrected chi connectivity index (χ0v) is 14.4. The number of ether oxygens (including phenoxy) is 1. The molecule has 0 aliphatic carbocycles. The average Bonchev–Trinajstić information content (AvgIpc) is 2.65. The number of nitrogens with zero attached hydrogens (tertiary/aromatic N) is 2. The number of carbonyl (C=O) groups excluding carboxylic acids is 1. The van der Waals surface area contributed by atoms with Crippen molar-refractivity contribution in [2.75, 3.05) is 7.11 Å². The van der Waals surface area contributed by atoms with E-state index in [1.807, 2.05) is 62.4 Å². The van der Waals surface area contributed by atoms with E-state index in [4.69, 9.17) is 4.74 Å². The number of amides is 1. The molecule has 0 saturated heterocycles. The van der Waals surface area contributed by atoms with E-state index in [1.54, 1.807) is 13.2 Å². The zero-order chi connectivity index (χ0) is 17.8. The lowest BCUT2D eigenvalue weighted by molar-refractivity contribution is 0.0956. The number of carbonyl (C=O) groups is 1. The SMILES string of the molecule is COc1ccc(/C(C)=N\NC(=O)c2cc(C)nc3ccccc23)cc1. The van der Waals surface area contributed by atoms with Crippen LogP contribution in [0.2, 0.25) is 0 Å². The number of hydrazone groups is 1. The minimum atomic E-state index is -0.255. The van der Waals surface area contributed by atoms with Crippen molar-refractivity contribution in [3.63, 3.8) is 0 Å². The molecule has 2 aromatic carbocycles. The molecule has 0 atom stereocenters. The van der Waals surface area contributed by atoms with Crippen LogP contribution >= 0.6 is 0 Å². The standard InChI is InChI=1S/C20H19N3O2/c1-13-12-18(17-6-4-5-7-19(17)21-13)20(24)23-22-14(2)15-8-10-16(25-3)11-9-15/h4-12H,1-3H3,(H,23,24)/b22-14-. The van der Waals surface area contributed by atoms with E-state index in [9.17, 15) is 4.79 Å². The monoisotopic (exact) mass is 333 g/mol. The van der Waals surface area contributed by atoms with E-state index in [2.05, 4.69) is 15.5 Å². The second-order valence-corrected chi connectivity index (χ2v) is 5.69. The molecule has 0 unspecified atom stereocenters. The van der Waals surface area contributed by atoms with Crippen molar-refractivity contribution in [1.29, 1.82) is 0 Å². The molecule has 126 valence electrons. The lowest BCUT2D eigenvalue weighted by Crippen LogP contribution is -2.20. The predicted octanol–water partition coefficient (Wildman–Crippen LogP) is 3.71. The van der Waals surface area contributed by atoms with Gasteiger partial charge >= 0.3 is 0 Å². The van der Waals surface area contributed by atoms with Crippen molar-refractivity contribution < 1.29 is 9.53 Å². The van der Waals surface area contributed by atoms with Gasteiger partial charge in [0.15, 0.2) is 0 Å². The molecule has 3 rings (SSSR count). The number of rotatable bonds is 4. The minimum Gasteiger partial charge on any atom is -0.497 e. The van der Waals surface area contributed by atoms with E-state index in [-0.39, 0.29) is 5.91 Å². The fourth-order valence-electron chi connectivity index (χ4n) is 2.59. The number of hydrogen-bond acceptors (Lipinski definition) is 4. The highest BCUT2D eigenvalue weighted by atomic mass is 16.5. The molecule has 5 heteroatoms. The van der Waals surface area contributed by atoms with Crippen LogP contribution in [0.1, 0.15) is 28.5 Å². The second kappa shape index (κ2) is 7.13. The molecule has 3 aromatic rings. The smallest absolute Gasteiger partial charge is 0.272 e. The summed E-state index contributed by atoms with van der Waals surface area (Å²) >= 11 is 0. The van der Waals surface area contributed by atoms with Crippen molar-refractivity contribution in [3.05, 3.63) is 71.4 Å². The summed E-state index contributed by atoms with van der Waals surface area (Å²) in [4.78, 5) is 17.0. The summed E-state index contributed by atoms with van der Waals surface area (Å²) in [6, 6.07) is 16.9. The lowest BCUT2D eigenvalue weighted by Gasteiger charge is -2.07. The molecule has 1 N–H and O–H groups in total. The Kier molecular flexibility index (Phi) is 4.75. The second-order valence-electron chi connectivity index (χ2n) is 5.69. The Hall–Kier alpha value is -3.21. The van der Waals surface area contributed by atoms with Gasteiger partial charge in [0, 0.05) is 11.1 Å². The summed E-state index contributed by atoms with van der Waals surface area (Å²) in [7, 11) is 1.62. The van der Waals surface area contributed by atoms with Gasteiger partial charge in [0.25, 0.3) is 5.91 Å². The number of aromatic nitrogens is 1. The van der Waals surface area contributed by atoms with E-state index in [0.717, 1.165) is 27.9 Å². The van der Waals surface area contributed by atoms with Gasteiger partial charge in [-0.1, -0.05) is 18.2 Å². The van der Waals surface area contributed by atoms with Gasteiger partial charge in [0.1, 0.15) is 5.75 Å². The zero-order valence-electron chi connectivity index (χ0n) is 14.4. The van der Waals surface area contributed by atoms with E-state index in [0.29, 0.717) is 11.3 Å². The third kappa shape index (κ3) is 3.66. The third-order valence-electron chi connectivity index (χ3n) is 3.92. The highest BCUT2D eigenvalue weighted by molar-refractivity contribution is 6.07. The highest BCUT2D eigenvalue weighted by Crippen LogP contribution is 2.18. The molecule has 0 aliphatic rings. The number of nitrogens with one attached hydrogen (secondary N) is 1. The fraction of sp³-hybridized carbons (Fsp3) is 0.150. The lowest BCUT2D eigenvalue weighted by atomic mass is 10.1. The van der Waals surface area contributed by atoms with E-state index in [1.165, 1.54) is 0 Å². The van der Waals surface area contributed by atoms with E-state index >= 15 is 0 Å². The number of hydrogen-bond donors (Lipinski definition) is 1. The summed E-state index contributed by atoms with van der Waals surface area (Å²) < 4.78 is 5.14. The summed E-state index contributed by atoms with van der Waals surface area (Å²) in [6.07, 6.45) is 0. The Labute approximate surface area is 146 Å². The molecular formula is C20H19N3O2. The highest BCUT2D eigenvalue weighted by Gasteiger charge is 2.11. The Bertz CT molecular complexity index is 947. The van der Waals surface area contributed by atoms with Crippen LogP contribution in [0.4, 0.5) is 0 Å². The molecule has 0 aliphatic heterocycles. The Morgan fingerprint density at radius 1 is 1.12 bits per heavy atom. The first-order valence-corrected chi connectivity index (χ1v) is 7.94. The van der Waals surface area contributed by atoms with Gasteiger partial charge in [-0.05, 0) is 55.8 Å². The van der Waals surface area contributed by atoms with Crippen molar-refractivity contribution in [2.45, 2.75) is 13.8 Å².